The van der Waals surface area contributed by atoms with E-state index in [-0.39, 0.29) is 12.5 Å². The first kappa shape index (κ1) is 19.9. The zero-order chi connectivity index (χ0) is 20.5. The zero-order valence-electron chi connectivity index (χ0n) is 15.5. The molecule has 4 rings (SSSR count). The van der Waals surface area contributed by atoms with Gasteiger partial charge in [0, 0.05) is 28.2 Å². The Kier molecular flexibility index (Phi) is 5.60. The second-order valence-electron chi connectivity index (χ2n) is 6.52. The van der Waals surface area contributed by atoms with Crippen LogP contribution >= 0.6 is 27.3 Å². The van der Waals surface area contributed by atoms with E-state index in [0.29, 0.717) is 51.4 Å². The molecule has 6 nitrogen and oxygen atoms in total. The number of allylic oxidation sites excluding steroid dienone is 1. The lowest BCUT2D eigenvalue weighted by Crippen LogP contribution is -2.44. The number of fused-ring (bicyclic) bond motifs is 1. The number of nitrogens with zero attached hydrogens (tertiary/aromatic N) is 3. The summed E-state index contributed by atoms with van der Waals surface area (Å²) in [7, 11) is 0. The normalized spacial score (nSPS) is 19.1. The third kappa shape index (κ3) is 3.64. The fourth-order valence-electron chi connectivity index (χ4n) is 3.56. The summed E-state index contributed by atoms with van der Waals surface area (Å²) in [6.07, 6.45) is 3.19. The number of benzene rings is 1. The lowest BCUT2D eigenvalue weighted by Gasteiger charge is -2.37. The van der Waals surface area contributed by atoms with Gasteiger partial charge in [0.25, 0.3) is 0 Å². The predicted octanol–water partition coefficient (Wildman–Crippen LogP) is 4.38. The molecule has 1 fully saturated rings. The maximum atomic E-state index is 13.7. The summed E-state index contributed by atoms with van der Waals surface area (Å²) in [6.45, 7) is 1.92. The van der Waals surface area contributed by atoms with Gasteiger partial charge in [-0.05, 0) is 37.5 Å². The minimum absolute atomic E-state index is 0.126. The Morgan fingerprint density at radius 1 is 1.41 bits per heavy atom. The molecule has 1 aromatic carbocycles. The number of amidine groups is 1. The number of piperidine rings is 1. The fraction of sp³-hybridized carbons (Fsp3) is 0.300. The molecule has 1 atom stereocenters. The van der Waals surface area contributed by atoms with Crippen molar-refractivity contribution in [1.29, 1.82) is 0 Å². The smallest absolute Gasteiger partial charge is 0.338 e. The van der Waals surface area contributed by atoms with Crippen molar-refractivity contribution in [3.63, 3.8) is 0 Å². The second-order valence-corrected chi connectivity index (χ2v) is 8.27. The number of hydrogen-bond acceptors (Lipinski definition) is 6. The highest BCUT2D eigenvalue weighted by atomic mass is 79.9. The summed E-state index contributed by atoms with van der Waals surface area (Å²) < 4.78 is 19.5. The van der Waals surface area contributed by atoms with Gasteiger partial charge in [-0.2, -0.15) is 0 Å². The molecule has 0 bridgehead atoms. The van der Waals surface area contributed by atoms with E-state index in [2.05, 4.69) is 20.9 Å². The molecule has 9 heteroatoms. The number of aromatic nitrogens is 1. The molecular formula is C20H17BrFN3O3S. The summed E-state index contributed by atoms with van der Waals surface area (Å²) >= 11 is 4.75. The molecule has 2 aliphatic heterocycles. The molecule has 1 amide bonds. The van der Waals surface area contributed by atoms with E-state index < -0.39 is 17.8 Å². The number of aliphatic imine (C=N–C) groups is 1. The predicted molar refractivity (Wildman–Crippen MR) is 110 cm³/mol. The molecule has 0 saturated carbocycles. The number of ether oxygens (including phenoxy) is 1. The molecule has 2 aliphatic rings. The topological polar surface area (TPSA) is 71.9 Å². The van der Waals surface area contributed by atoms with Gasteiger partial charge in [-0.25, -0.2) is 14.2 Å². The number of carbonyl (C=O) groups is 2. The average molecular weight is 478 g/mol. The molecule has 1 aromatic heterocycles. The minimum Gasteiger partial charge on any atom is -0.463 e. The van der Waals surface area contributed by atoms with Gasteiger partial charge < -0.3 is 4.74 Å². The largest absolute Gasteiger partial charge is 0.463 e. The van der Waals surface area contributed by atoms with Crippen LogP contribution in [0.5, 0.6) is 0 Å². The van der Waals surface area contributed by atoms with E-state index in [1.807, 2.05) is 0 Å². The fourth-order valence-corrected chi connectivity index (χ4v) is 4.75. The van der Waals surface area contributed by atoms with Crippen LogP contribution in [0.3, 0.4) is 0 Å². The Balaban J connectivity index is 1.95. The monoisotopic (exact) mass is 477 g/mol. The SMILES string of the molecule is CCOC(=O)C1=C2CCCC(=O)N2C(c2nccs2)=NC1c1ccc(F)cc1Br. The average Bonchev–Trinajstić information content (AvgIpc) is 3.22. The third-order valence-corrected chi connectivity index (χ3v) is 6.20. The molecule has 150 valence electrons. The van der Waals surface area contributed by atoms with Crippen LogP contribution in [0.25, 0.3) is 0 Å². The summed E-state index contributed by atoms with van der Waals surface area (Å²) in [6, 6.07) is 3.51. The van der Waals surface area contributed by atoms with E-state index >= 15 is 0 Å². The Hall–Kier alpha value is -2.39. The lowest BCUT2D eigenvalue weighted by atomic mass is 9.91. The van der Waals surface area contributed by atoms with Crippen molar-refractivity contribution in [1.82, 2.24) is 9.88 Å². The molecule has 0 aliphatic carbocycles. The van der Waals surface area contributed by atoms with E-state index in [0.717, 1.165) is 0 Å². The maximum absolute atomic E-state index is 13.7. The van der Waals surface area contributed by atoms with Crippen LogP contribution in [0.1, 0.15) is 42.8 Å². The van der Waals surface area contributed by atoms with Crippen LogP contribution in [0.15, 0.2) is 50.5 Å². The van der Waals surface area contributed by atoms with Crippen LogP contribution in [-0.2, 0) is 14.3 Å². The summed E-state index contributed by atoms with van der Waals surface area (Å²) in [5.74, 6) is -0.640. The number of thiazole rings is 1. The minimum atomic E-state index is -0.736. The van der Waals surface area contributed by atoms with Crippen LogP contribution < -0.4 is 0 Å². The highest BCUT2D eigenvalue weighted by molar-refractivity contribution is 9.10. The highest BCUT2D eigenvalue weighted by Crippen LogP contribution is 2.42. The first-order chi connectivity index (χ1) is 14.0. The molecule has 0 N–H and O–H groups in total. The standard InChI is InChI=1S/C20H17BrFN3O3S/c1-2-28-20(27)16-14-4-3-5-15(26)25(14)18(19-23-8-9-29-19)24-17(16)12-7-6-11(22)10-13(12)21/h6-10,17H,2-5H2,1H3. The molecule has 1 unspecified atom stereocenters. The molecule has 3 heterocycles. The zero-order valence-corrected chi connectivity index (χ0v) is 17.9. The number of amides is 1. The van der Waals surface area contributed by atoms with Gasteiger partial charge in [0.15, 0.2) is 10.8 Å². The van der Waals surface area contributed by atoms with E-state index in [1.165, 1.54) is 28.4 Å². The number of halogens is 2. The molecule has 2 aromatic rings. The Bertz CT molecular complexity index is 1040. The van der Waals surface area contributed by atoms with Crippen molar-refractivity contribution in [2.75, 3.05) is 6.61 Å². The second kappa shape index (κ2) is 8.16. The lowest BCUT2D eigenvalue weighted by molar-refractivity contribution is -0.139. The van der Waals surface area contributed by atoms with Gasteiger partial charge in [-0.1, -0.05) is 22.0 Å². The van der Waals surface area contributed by atoms with Crippen molar-refractivity contribution in [2.24, 2.45) is 4.99 Å². The van der Waals surface area contributed by atoms with Crippen molar-refractivity contribution >= 4 is 45.0 Å². The number of hydrogen-bond donors (Lipinski definition) is 0. The maximum Gasteiger partial charge on any atom is 0.338 e. The third-order valence-electron chi connectivity index (χ3n) is 4.75. The van der Waals surface area contributed by atoms with Crippen LogP contribution in [0, 0.1) is 5.82 Å². The van der Waals surface area contributed by atoms with Crippen LogP contribution in [-0.4, -0.2) is 34.2 Å². The van der Waals surface area contributed by atoms with Crippen molar-refractivity contribution in [2.45, 2.75) is 32.2 Å². The Morgan fingerprint density at radius 2 is 2.24 bits per heavy atom. The summed E-state index contributed by atoms with van der Waals surface area (Å²) in [4.78, 5) is 36.3. The van der Waals surface area contributed by atoms with Crippen molar-refractivity contribution in [3.8, 4) is 0 Å². The van der Waals surface area contributed by atoms with Gasteiger partial charge in [0.2, 0.25) is 5.91 Å². The van der Waals surface area contributed by atoms with Gasteiger partial charge in [-0.3, -0.25) is 14.7 Å². The first-order valence-electron chi connectivity index (χ1n) is 9.17. The van der Waals surface area contributed by atoms with Crippen molar-refractivity contribution in [3.05, 3.63) is 61.9 Å². The molecule has 0 radical (unpaired) electrons. The molecule has 1 saturated heterocycles. The van der Waals surface area contributed by atoms with Gasteiger partial charge in [0.05, 0.1) is 12.2 Å². The summed E-state index contributed by atoms with van der Waals surface area (Å²) in [5.41, 5.74) is 1.52. The quantitative estimate of drug-likeness (QED) is 0.612. The van der Waals surface area contributed by atoms with Crippen LogP contribution in [0.4, 0.5) is 4.39 Å². The number of carbonyl (C=O) groups excluding carboxylic acids is 2. The molecule has 0 spiro atoms. The number of esters is 1. The molecular weight excluding hydrogens is 461 g/mol. The van der Waals surface area contributed by atoms with Gasteiger partial charge in [-0.15, -0.1) is 11.3 Å². The van der Waals surface area contributed by atoms with E-state index in [9.17, 15) is 14.0 Å². The first-order valence-corrected chi connectivity index (χ1v) is 10.8. The highest BCUT2D eigenvalue weighted by Gasteiger charge is 2.41. The summed E-state index contributed by atoms with van der Waals surface area (Å²) in [5, 5.41) is 2.39. The van der Waals surface area contributed by atoms with Gasteiger partial charge in [0.1, 0.15) is 11.9 Å². The van der Waals surface area contributed by atoms with Gasteiger partial charge >= 0.3 is 5.97 Å². The molecule has 29 heavy (non-hydrogen) atoms. The number of rotatable bonds is 4. The van der Waals surface area contributed by atoms with E-state index in [1.54, 1.807) is 24.6 Å². The Labute approximate surface area is 179 Å². The van der Waals surface area contributed by atoms with Crippen molar-refractivity contribution < 1.29 is 18.7 Å². The Morgan fingerprint density at radius 3 is 2.93 bits per heavy atom. The van der Waals surface area contributed by atoms with Crippen LogP contribution in [0.2, 0.25) is 0 Å². The van der Waals surface area contributed by atoms with E-state index in [4.69, 9.17) is 9.73 Å².